The molecule has 1 amide bonds. The number of hydrazine groups is 1. The molecule has 5 N–H and O–H groups in total. The zero-order chi connectivity index (χ0) is 53.7. The van der Waals surface area contributed by atoms with Gasteiger partial charge in [0.25, 0.3) is 0 Å². The van der Waals surface area contributed by atoms with Gasteiger partial charge >= 0.3 is 18.0 Å². The summed E-state index contributed by atoms with van der Waals surface area (Å²) in [4.78, 5) is 48.5. The van der Waals surface area contributed by atoms with E-state index >= 15 is 0 Å². The van der Waals surface area contributed by atoms with Gasteiger partial charge in [0, 0.05) is 44.8 Å². The molecule has 0 radical (unpaired) electrons. The zero-order valence-corrected chi connectivity index (χ0v) is 46.5. The number of esters is 2. The van der Waals surface area contributed by atoms with Crippen LogP contribution in [-0.2, 0) is 52.3 Å². The van der Waals surface area contributed by atoms with Gasteiger partial charge in [-0.2, -0.15) is 0 Å². The van der Waals surface area contributed by atoms with E-state index in [1.54, 1.807) is 48.5 Å². The Morgan fingerprint density at radius 2 is 1.57 bits per heavy atom. The van der Waals surface area contributed by atoms with Gasteiger partial charge in [0.1, 0.15) is 23.9 Å². The number of cyclic esters (lactones) is 1. The van der Waals surface area contributed by atoms with E-state index in [1.807, 2.05) is 39.8 Å². The van der Waals surface area contributed by atoms with E-state index in [1.165, 1.54) is 53.1 Å². The molecule has 1 aliphatic carbocycles. The van der Waals surface area contributed by atoms with Crippen LogP contribution in [0.15, 0.2) is 5.16 Å². The molecule has 19 nitrogen and oxygen atoms in total. The number of nitrogens with zero attached hydrogens (tertiary/aromatic N) is 2. The largest absolute Gasteiger partial charge is 0.459 e. The number of hydrogen-bond donors (Lipinski definition) is 5. The third-order valence-corrected chi connectivity index (χ3v) is 15.9. The van der Waals surface area contributed by atoms with Gasteiger partial charge in [-0.3, -0.25) is 15.0 Å². The minimum absolute atomic E-state index is 0.0241. The van der Waals surface area contributed by atoms with Gasteiger partial charge in [0.05, 0.1) is 53.8 Å². The molecule has 0 spiro atoms. The first-order chi connectivity index (χ1) is 33.8. The van der Waals surface area contributed by atoms with Gasteiger partial charge < -0.3 is 63.0 Å². The van der Waals surface area contributed by atoms with Crippen molar-refractivity contribution in [3.8, 4) is 0 Å². The Kier molecular flexibility index (Phi) is 23.9. The van der Waals surface area contributed by atoms with Crippen LogP contribution in [0.25, 0.3) is 0 Å². The fourth-order valence-corrected chi connectivity index (χ4v) is 11.7. The summed E-state index contributed by atoms with van der Waals surface area (Å²) in [7, 11) is 5.27. The maximum absolute atomic E-state index is 14.7. The van der Waals surface area contributed by atoms with Gasteiger partial charge in [-0.15, -0.1) is 0 Å². The van der Waals surface area contributed by atoms with Crippen molar-refractivity contribution in [3.05, 3.63) is 0 Å². The van der Waals surface area contributed by atoms with Crippen LogP contribution < -0.4 is 10.9 Å². The lowest BCUT2D eigenvalue weighted by molar-refractivity contribution is -0.318. The van der Waals surface area contributed by atoms with Crippen molar-refractivity contribution in [2.75, 3.05) is 34.4 Å². The summed E-state index contributed by atoms with van der Waals surface area (Å²) in [5.41, 5.74) is 1.06. The number of methoxy groups -OCH3 is 1. The van der Waals surface area contributed by atoms with Crippen molar-refractivity contribution in [1.29, 1.82) is 0 Å². The molecule has 0 aromatic heterocycles. The molecule has 4 fully saturated rings. The molecule has 4 rings (SSSR count). The van der Waals surface area contributed by atoms with Crippen LogP contribution in [0, 0.1) is 29.6 Å². The number of aliphatic hydroxyl groups is 3. The van der Waals surface area contributed by atoms with Crippen molar-refractivity contribution in [3.63, 3.8) is 0 Å². The van der Waals surface area contributed by atoms with E-state index in [4.69, 9.17) is 42.7 Å². The van der Waals surface area contributed by atoms with Crippen molar-refractivity contribution < 1.29 is 72.4 Å². The number of nitrogens with one attached hydrogen (secondary N) is 2. The van der Waals surface area contributed by atoms with Gasteiger partial charge in [-0.25, -0.2) is 10.2 Å². The Hall–Kier alpha value is -2.72. The summed E-state index contributed by atoms with van der Waals surface area (Å²) < 4.78 is 51.1. The second-order valence-electron chi connectivity index (χ2n) is 22.4. The number of ether oxygens (including phenoxy) is 8. The molecule has 1 unspecified atom stereocenters. The molecule has 19 heteroatoms. The summed E-state index contributed by atoms with van der Waals surface area (Å²) in [6.07, 6.45) is -0.604. The second-order valence-corrected chi connectivity index (χ2v) is 22.4. The van der Waals surface area contributed by atoms with E-state index < -0.39 is 114 Å². The first kappa shape index (κ1) is 61.8. The summed E-state index contributed by atoms with van der Waals surface area (Å²) in [6.45, 7) is 21.6. The van der Waals surface area contributed by atoms with Crippen molar-refractivity contribution in [2.45, 2.75) is 251 Å². The molecule has 4 aliphatic rings. The minimum Gasteiger partial charge on any atom is -0.459 e. The SMILES string of the molecule is CCCCNNC(=O)O[C@H]1[C@H](O[C@@H]2[C@@H](C)[C@H](O[C@H]3C[C@@](C)(OC)[C@@H](OC(C)=O)[C@H](C)O3)[C@@H](C)C(=O)O[C@H](CC)[C@@](C)(O)[C@H](O)[C@@H](C)/C(=N/OCCCC3CCCCC3)[C@H](C)CC2(C)O)O[C@H](C)C[C@@H]1N(C)C. The van der Waals surface area contributed by atoms with Crippen molar-refractivity contribution >= 4 is 23.7 Å². The Balaban J connectivity index is 1.87. The highest BCUT2D eigenvalue weighted by Crippen LogP contribution is 2.42. The van der Waals surface area contributed by atoms with E-state index in [0.717, 1.165) is 25.7 Å². The zero-order valence-electron chi connectivity index (χ0n) is 46.5. The summed E-state index contributed by atoms with van der Waals surface area (Å²) in [5, 5.41) is 42.3. The number of aliphatic hydroxyl groups excluding tert-OH is 1. The minimum atomic E-state index is -1.97. The predicted molar refractivity (Wildman–Crippen MR) is 270 cm³/mol. The lowest BCUT2D eigenvalue weighted by atomic mass is 9.73. The number of unbranched alkanes of at least 4 members (excludes halogenated alkanes) is 1. The lowest BCUT2D eigenvalue weighted by Gasteiger charge is -2.49. The van der Waals surface area contributed by atoms with Crippen LogP contribution >= 0.6 is 0 Å². The molecule has 3 heterocycles. The van der Waals surface area contributed by atoms with Crippen molar-refractivity contribution in [1.82, 2.24) is 15.8 Å². The van der Waals surface area contributed by atoms with E-state index in [-0.39, 0.29) is 31.4 Å². The molecule has 72 heavy (non-hydrogen) atoms. The monoisotopic (exact) mass is 1030 g/mol. The predicted octanol–water partition coefficient (Wildman–Crippen LogP) is 6.56. The average Bonchev–Trinajstić information content (AvgIpc) is 3.32. The smallest absolute Gasteiger partial charge is 0.422 e. The lowest BCUT2D eigenvalue weighted by Crippen LogP contribution is -2.62. The number of rotatable bonds is 18. The van der Waals surface area contributed by atoms with E-state index in [9.17, 15) is 29.7 Å². The number of hydrogen-bond acceptors (Lipinski definition) is 18. The molecule has 0 bridgehead atoms. The Labute approximate surface area is 430 Å². The first-order valence-corrected chi connectivity index (χ1v) is 27.0. The quantitative estimate of drug-likeness (QED) is 0.0423. The average molecular weight is 1030 g/mol. The Morgan fingerprint density at radius 3 is 2.18 bits per heavy atom. The second kappa shape index (κ2) is 27.9. The maximum Gasteiger partial charge on any atom is 0.422 e. The molecule has 0 aromatic carbocycles. The number of carbonyl (C=O) groups is 3. The maximum atomic E-state index is 14.7. The fourth-order valence-electron chi connectivity index (χ4n) is 11.7. The Bertz CT molecular complexity index is 1710. The van der Waals surface area contributed by atoms with E-state index in [2.05, 4.69) is 16.0 Å². The standard InChI is InChI=1S/C53H96N4O15/c1-16-18-26-54-55-50(61)71-44-39(57(13)14)28-32(4)66-49(44)72-46-34(6)43(70-41-30-52(11,64-15)47(36(8)67-41)68-37(9)58)35(7)48(60)69-40(17-2)53(12,63)45(59)33(5)42(31(3)29-51(46,10)62)56-65-27-22-25-38-23-20-19-21-24-38/h31-36,38-41,43-47,49,54,59,62-63H,16-30H2,1-15H3,(H,55,61)/b56-42+/t31-,32-,33+,34+,35-,36+,39+,40-,41+,43+,44-,45-,46-,47+,49+,51?,52-,53-/m1/s1. The third-order valence-electron chi connectivity index (χ3n) is 15.9. The van der Waals surface area contributed by atoms with Crippen LogP contribution in [0.5, 0.6) is 0 Å². The van der Waals surface area contributed by atoms with Gasteiger partial charge in [0.2, 0.25) is 0 Å². The molecule has 418 valence electrons. The number of oxime groups is 1. The molecule has 0 aromatic rings. The van der Waals surface area contributed by atoms with Crippen LogP contribution in [0.1, 0.15) is 167 Å². The number of carbonyl (C=O) groups excluding carboxylic acids is 3. The molecule has 18 atom stereocenters. The molecule has 3 saturated heterocycles. The van der Waals surface area contributed by atoms with Crippen LogP contribution in [0.3, 0.4) is 0 Å². The van der Waals surface area contributed by atoms with E-state index in [0.29, 0.717) is 31.2 Å². The van der Waals surface area contributed by atoms with Crippen LogP contribution in [-0.4, -0.2) is 163 Å². The summed E-state index contributed by atoms with van der Waals surface area (Å²) >= 11 is 0. The molecular weight excluding hydrogens is 933 g/mol. The molecule has 1 saturated carbocycles. The highest BCUT2D eigenvalue weighted by atomic mass is 16.7. The topological polar surface area (TPSA) is 235 Å². The number of amides is 1. The van der Waals surface area contributed by atoms with Crippen LogP contribution in [0.2, 0.25) is 0 Å². The molecule has 3 aliphatic heterocycles. The highest BCUT2D eigenvalue weighted by molar-refractivity contribution is 5.88. The van der Waals surface area contributed by atoms with Gasteiger partial charge in [-0.05, 0) is 100 Å². The van der Waals surface area contributed by atoms with Gasteiger partial charge in [0.15, 0.2) is 24.8 Å². The summed E-state index contributed by atoms with van der Waals surface area (Å²) in [6, 6.07) is -0.386. The van der Waals surface area contributed by atoms with Gasteiger partial charge in [-0.1, -0.05) is 78.3 Å². The third kappa shape index (κ3) is 16.4. The van der Waals surface area contributed by atoms with Crippen LogP contribution in [0.4, 0.5) is 4.79 Å². The Morgan fingerprint density at radius 1 is 0.889 bits per heavy atom. The summed E-state index contributed by atoms with van der Waals surface area (Å²) in [5.74, 6) is -4.07. The normalized spacial score (nSPS) is 40.5. The first-order valence-electron chi connectivity index (χ1n) is 27.0. The number of likely N-dealkylation sites (N-methyl/N-ethyl adjacent to an activating group) is 1. The highest BCUT2D eigenvalue weighted by Gasteiger charge is 2.55. The molecular formula is C53H96N4O15. The van der Waals surface area contributed by atoms with Crippen molar-refractivity contribution in [2.24, 2.45) is 34.7 Å². The fraction of sp³-hybridized carbons (Fsp3) is 0.925.